The molecule has 9 nitrogen and oxygen atoms in total. The van der Waals surface area contributed by atoms with E-state index in [0.717, 1.165) is 0 Å². The van der Waals surface area contributed by atoms with E-state index in [1.807, 2.05) is 13.8 Å². The van der Waals surface area contributed by atoms with E-state index in [4.69, 9.17) is 4.74 Å². The fraction of sp³-hybridized carbons (Fsp3) is 0.640. The quantitative estimate of drug-likeness (QED) is 0.408. The molecule has 192 valence electrons. The highest BCUT2D eigenvalue weighted by Crippen LogP contribution is 2.28. The Morgan fingerprint density at radius 3 is 2.21 bits per heavy atom. The molecular weight excluding hydrogens is 438 g/mol. The highest BCUT2D eigenvalue weighted by atomic mass is 16.6. The minimum atomic E-state index is -1.08. The summed E-state index contributed by atoms with van der Waals surface area (Å²) in [5.41, 5.74) is 0.276. The van der Waals surface area contributed by atoms with E-state index in [1.54, 1.807) is 53.7 Å². The normalized spacial score (nSPS) is 14.2. The third kappa shape index (κ3) is 8.52. The first-order chi connectivity index (χ1) is 15.7. The fourth-order valence-corrected chi connectivity index (χ4v) is 3.46. The first kappa shape index (κ1) is 29.2. The first-order valence-corrected chi connectivity index (χ1v) is 11.7. The summed E-state index contributed by atoms with van der Waals surface area (Å²) in [6.45, 7) is 13.7. The Hall–Kier alpha value is -2.81. The van der Waals surface area contributed by atoms with Crippen LogP contribution >= 0.6 is 0 Å². The SMILES string of the molecule is CCC(C)C(NC(=O)OC(C)(C)C)C(=O)N(CCO)C(C(=O)NC(C)C)c1ccc(O)c(C)c1. The number of aliphatic hydroxyl groups excluding tert-OH is 1. The van der Waals surface area contributed by atoms with Crippen LogP contribution in [0.4, 0.5) is 4.79 Å². The molecule has 3 unspecified atom stereocenters. The molecule has 0 radical (unpaired) electrons. The Bertz CT molecular complexity index is 850. The van der Waals surface area contributed by atoms with E-state index >= 15 is 0 Å². The molecule has 0 heterocycles. The molecule has 0 bridgehead atoms. The zero-order chi connectivity index (χ0) is 26.2. The molecule has 4 N–H and O–H groups in total. The summed E-state index contributed by atoms with van der Waals surface area (Å²) in [5.74, 6) is -1.14. The summed E-state index contributed by atoms with van der Waals surface area (Å²) < 4.78 is 5.35. The van der Waals surface area contributed by atoms with Crippen LogP contribution < -0.4 is 10.6 Å². The van der Waals surface area contributed by atoms with Crippen LogP contribution in [0.5, 0.6) is 5.75 Å². The van der Waals surface area contributed by atoms with E-state index in [-0.39, 0.29) is 30.9 Å². The van der Waals surface area contributed by atoms with Crippen molar-refractivity contribution < 1.29 is 29.3 Å². The standard InChI is InChI=1S/C25H41N3O6/c1-9-16(4)20(27-24(33)34-25(6,7)8)23(32)28(12-13-29)21(22(31)26-15(2)3)18-10-11-19(30)17(5)14-18/h10-11,14-16,20-21,29-30H,9,12-13H2,1-8H3,(H,26,31)(H,27,33). The van der Waals surface area contributed by atoms with Gasteiger partial charge >= 0.3 is 6.09 Å². The van der Waals surface area contributed by atoms with Gasteiger partial charge in [-0.3, -0.25) is 9.59 Å². The molecule has 9 heteroatoms. The average molecular weight is 480 g/mol. The molecular formula is C25H41N3O6. The summed E-state index contributed by atoms with van der Waals surface area (Å²) >= 11 is 0. The van der Waals surface area contributed by atoms with Crippen molar-refractivity contribution in [1.29, 1.82) is 0 Å². The van der Waals surface area contributed by atoms with Crippen molar-refractivity contribution in [2.75, 3.05) is 13.2 Å². The Morgan fingerprint density at radius 1 is 1.12 bits per heavy atom. The third-order valence-corrected chi connectivity index (χ3v) is 5.30. The highest BCUT2D eigenvalue weighted by Gasteiger charge is 2.38. The molecule has 0 aliphatic carbocycles. The Labute approximate surface area is 202 Å². The molecule has 0 saturated heterocycles. The van der Waals surface area contributed by atoms with Crippen LogP contribution in [0.2, 0.25) is 0 Å². The van der Waals surface area contributed by atoms with E-state index in [2.05, 4.69) is 10.6 Å². The van der Waals surface area contributed by atoms with Gasteiger partial charge in [-0.25, -0.2) is 4.79 Å². The predicted octanol–water partition coefficient (Wildman–Crippen LogP) is 3.03. The number of hydrogen-bond donors (Lipinski definition) is 4. The van der Waals surface area contributed by atoms with Gasteiger partial charge in [-0.15, -0.1) is 0 Å². The molecule has 0 aromatic heterocycles. The largest absolute Gasteiger partial charge is 0.508 e. The number of ether oxygens (including phenoxy) is 1. The number of aromatic hydroxyl groups is 1. The lowest BCUT2D eigenvalue weighted by atomic mass is 9.95. The number of nitrogens with one attached hydrogen (secondary N) is 2. The minimum Gasteiger partial charge on any atom is -0.508 e. The van der Waals surface area contributed by atoms with Gasteiger partial charge < -0.3 is 30.5 Å². The van der Waals surface area contributed by atoms with Crippen molar-refractivity contribution in [3.63, 3.8) is 0 Å². The highest BCUT2D eigenvalue weighted by molar-refractivity contribution is 5.92. The molecule has 1 aromatic rings. The number of aryl methyl sites for hydroxylation is 1. The summed E-state index contributed by atoms with van der Waals surface area (Å²) in [5, 5.41) is 25.2. The van der Waals surface area contributed by atoms with Gasteiger partial charge in [0.25, 0.3) is 0 Å². The Kier molecular flexibility index (Phi) is 10.8. The molecule has 3 amide bonds. The van der Waals surface area contributed by atoms with Crippen molar-refractivity contribution in [1.82, 2.24) is 15.5 Å². The maximum absolute atomic E-state index is 13.8. The van der Waals surface area contributed by atoms with Crippen LogP contribution in [0.1, 0.15) is 72.1 Å². The van der Waals surface area contributed by atoms with E-state index in [9.17, 15) is 24.6 Å². The number of hydrogen-bond acceptors (Lipinski definition) is 6. The van der Waals surface area contributed by atoms with Gasteiger partial charge in [0.15, 0.2) is 0 Å². The molecule has 1 rings (SSSR count). The first-order valence-electron chi connectivity index (χ1n) is 11.7. The van der Waals surface area contributed by atoms with Crippen LogP contribution in [-0.2, 0) is 14.3 Å². The molecule has 0 aliphatic heterocycles. The zero-order valence-corrected chi connectivity index (χ0v) is 21.6. The number of alkyl carbamates (subject to hydrolysis) is 1. The maximum Gasteiger partial charge on any atom is 0.408 e. The topological polar surface area (TPSA) is 128 Å². The number of aliphatic hydroxyl groups is 1. The Morgan fingerprint density at radius 2 is 1.74 bits per heavy atom. The number of amides is 3. The fourth-order valence-electron chi connectivity index (χ4n) is 3.46. The molecule has 0 fully saturated rings. The van der Waals surface area contributed by atoms with Crippen LogP contribution in [0, 0.1) is 12.8 Å². The Balaban J connectivity index is 3.49. The predicted molar refractivity (Wildman–Crippen MR) is 130 cm³/mol. The molecule has 0 saturated carbocycles. The number of carbonyl (C=O) groups is 3. The van der Waals surface area contributed by atoms with Crippen LogP contribution in [-0.4, -0.2) is 63.9 Å². The molecule has 0 spiro atoms. The second kappa shape index (κ2) is 12.6. The molecule has 34 heavy (non-hydrogen) atoms. The van der Waals surface area contributed by atoms with Crippen LogP contribution in [0.15, 0.2) is 18.2 Å². The summed E-state index contributed by atoms with van der Waals surface area (Å²) in [4.78, 5) is 40.9. The molecule has 3 atom stereocenters. The van der Waals surface area contributed by atoms with Crippen molar-refractivity contribution in [3.8, 4) is 5.75 Å². The monoisotopic (exact) mass is 479 g/mol. The van der Waals surface area contributed by atoms with E-state index < -0.39 is 35.6 Å². The van der Waals surface area contributed by atoms with Crippen molar-refractivity contribution in [2.24, 2.45) is 5.92 Å². The van der Waals surface area contributed by atoms with Crippen LogP contribution in [0.3, 0.4) is 0 Å². The van der Waals surface area contributed by atoms with Crippen molar-refractivity contribution in [3.05, 3.63) is 29.3 Å². The lowest BCUT2D eigenvalue weighted by Crippen LogP contribution is -2.56. The van der Waals surface area contributed by atoms with Gasteiger partial charge in [0.05, 0.1) is 6.61 Å². The lowest BCUT2D eigenvalue weighted by molar-refractivity contribution is -0.144. The number of phenolic OH excluding ortho intramolecular Hbond substituents is 1. The van der Waals surface area contributed by atoms with Gasteiger partial charge in [0.2, 0.25) is 11.8 Å². The van der Waals surface area contributed by atoms with Crippen molar-refractivity contribution in [2.45, 2.75) is 85.5 Å². The zero-order valence-electron chi connectivity index (χ0n) is 21.6. The maximum atomic E-state index is 13.8. The number of nitrogens with zero attached hydrogens (tertiary/aromatic N) is 1. The summed E-state index contributed by atoms with van der Waals surface area (Å²) in [6.07, 6.45) is -0.154. The number of rotatable bonds is 10. The van der Waals surface area contributed by atoms with Crippen molar-refractivity contribution >= 4 is 17.9 Å². The van der Waals surface area contributed by atoms with Gasteiger partial charge in [-0.2, -0.15) is 0 Å². The number of benzene rings is 1. The van der Waals surface area contributed by atoms with E-state index in [1.165, 1.54) is 11.0 Å². The third-order valence-electron chi connectivity index (χ3n) is 5.30. The van der Waals surface area contributed by atoms with Gasteiger partial charge in [-0.1, -0.05) is 26.3 Å². The van der Waals surface area contributed by atoms with Gasteiger partial charge in [-0.05, 0) is 70.7 Å². The number of carbonyl (C=O) groups excluding carboxylic acids is 3. The molecule has 0 aliphatic rings. The summed E-state index contributed by atoms with van der Waals surface area (Å²) in [6, 6.07) is 2.44. The van der Waals surface area contributed by atoms with Gasteiger partial charge in [0.1, 0.15) is 23.4 Å². The van der Waals surface area contributed by atoms with Gasteiger partial charge in [0, 0.05) is 12.6 Å². The molecule has 1 aromatic carbocycles. The smallest absolute Gasteiger partial charge is 0.408 e. The second-order valence-corrected chi connectivity index (χ2v) is 9.88. The number of phenols is 1. The summed E-state index contributed by atoms with van der Waals surface area (Å²) in [7, 11) is 0. The van der Waals surface area contributed by atoms with Crippen LogP contribution in [0.25, 0.3) is 0 Å². The second-order valence-electron chi connectivity index (χ2n) is 9.88. The minimum absolute atomic E-state index is 0.0656. The van der Waals surface area contributed by atoms with E-state index in [0.29, 0.717) is 17.5 Å². The lowest BCUT2D eigenvalue weighted by Gasteiger charge is -2.36. The average Bonchev–Trinajstić information content (AvgIpc) is 2.71.